The van der Waals surface area contributed by atoms with Crippen molar-refractivity contribution in [3.05, 3.63) is 32.8 Å². The maximum Gasteiger partial charge on any atom is 0.293 e. The normalized spacial score (nSPS) is 19.8. The van der Waals surface area contributed by atoms with Crippen LogP contribution in [0.15, 0.2) is 22.7 Å². The van der Waals surface area contributed by atoms with Crippen LogP contribution in [0.2, 0.25) is 0 Å². The number of nitro benzene ring substituents is 1. The first-order valence-corrected chi connectivity index (χ1v) is 7.08. The van der Waals surface area contributed by atoms with Gasteiger partial charge in [0.25, 0.3) is 5.69 Å². The van der Waals surface area contributed by atoms with Crippen molar-refractivity contribution in [3.8, 4) is 0 Å². The molecule has 1 aromatic rings. The van der Waals surface area contributed by atoms with Gasteiger partial charge in [-0.15, -0.1) is 0 Å². The number of ether oxygens (including phenoxy) is 1. The summed E-state index contributed by atoms with van der Waals surface area (Å²) in [6, 6.07) is 5.38. The van der Waals surface area contributed by atoms with E-state index in [0.29, 0.717) is 31.4 Å². The second-order valence-corrected chi connectivity index (χ2v) is 5.89. The van der Waals surface area contributed by atoms with E-state index < -0.39 is 0 Å². The SMILES string of the molecule is CC(C)[C@@H]1COCCN1c1ccc(Br)cc1[N+](=O)[O-]. The third-order valence-corrected chi connectivity index (χ3v) is 3.87. The summed E-state index contributed by atoms with van der Waals surface area (Å²) in [4.78, 5) is 13.0. The Labute approximate surface area is 120 Å². The number of nitro groups is 1. The molecule has 0 aliphatic carbocycles. The second kappa shape index (κ2) is 5.88. The van der Waals surface area contributed by atoms with Gasteiger partial charge in [0.2, 0.25) is 0 Å². The van der Waals surface area contributed by atoms with Crippen LogP contribution < -0.4 is 4.90 Å². The molecule has 0 unspecified atom stereocenters. The lowest BCUT2D eigenvalue weighted by molar-refractivity contribution is -0.384. The molecule has 0 saturated carbocycles. The van der Waals surface area contributed by atoms with Crippen molar-refractivity contribution in [2.75, 3.05) is 24.7 Å². The summed E-state index contributed by atoms with van der Waals surface area (Å²) < 4.78 is 6.22. The van der Waals surface area contributed by atoms with Gasteiger partial charge >= 0.3 is 0 Å². The molecule has 0 N–H and O–H groups in total. The third kappa shape index (κ3) is 3.06. The lowest BCUT2D eigenvalue weighted by Crippen LogP contribution is -2.48. The summed E-state index contributed by atoms with van der Waals surface area (Å²) in [5.41, 5.74) is 0.817. The minimum atomic E-state index is -0.326. The van der Waals surface area contributed by atoms with Gasteiger partial charge in [0.1, 0.15) is 5.69 Å². The Kier molecular flexibility index (Phi) is 4.42. The Balaban J connectivity index is 2.41. The molecule has 104 valence electrons. The van der Waals surface area contributed by atoms with Crippen LogP contribution in [0, 0.1) is 16.0 Å². The fourth-order valence-corrected chi connectivity index (χ4v) is 2.71. The zero-order valence-electron chi connectivity index (χ0n) is 11.0. The van der Waals surface area contributed by atoms with Gasteiger partial charge in [-0.25, -0.2) is 0 Å². The molecule has 1 aliphatic heterocycles. The molecule has 0 aromatic heterocycles. The first kappa shape index (κ1) is 14.3. The highest BCUT2D eigenvalue weighted by atomic mass is 79.9. The van der Waals surface area contributed by atoms with Crippen LogP contribution in [0.5, 0.6) is 0 Å². The number of hydrogen-bond donors (Lipinski definition) is 0. The summed E-state index contributed by atoms with van der Waals surface area (Å²) in [6.45, 7) is 6.13. The number of anilines is 1. The van der Waals surface area contributed by atoms with Crippen molar-refractivity contribution < 1.29 is 9.66 Å². The highest BCUT2D eigenvalue weighted by Gasteiger charge is 2.30. The van der Waals surface area contributed by atoms with Gasteiger partial charge in [0.05, 0.1) is 24.2 Å². The standard InChI is InChI=1S/C13H17BrN2O3/c1-9(2)13-8-19-6-5-15(13)11-4-3-10(14)7-12(11)16(17)18/h3-4,7,9,13H,5-6,8H2,1-2H3/t13-/m0/s1. The largest absolute Gasteiger partial charge is 0.377 e. The Morgan fingerprint density at radius 1 is 1.53 bits per heavy atom. The van der Waals surface area contributed by atoms with Gasteiger partial charge < -0.3 is 9.64 Å². The highest BCUT2D eigenvalue weighted by Crippen LogP contribution is 2.34. The molecule has 1 fully saturated rings. The van der Waals surface area contributed by atoms with E-state index in [9.17, 15) is 10.1 Å². The summed E-state index contributed by atoms with van der Waals surface area (Å²) in [5, 5.41) is 11.2. The fourth-order valence-electron chi connectivity index (χ4n) is 2.36. The maximum atomic E-state index is 11.2. The lowest BCUT2D eigenvalue weighted by atomic mass is 10.0. The van der Waals surface area contributed by atoms with Crippen LogP contribution in [0.3, 0.4) is 0 Å². The smallest absolute Gasteiger partial charge is 0.293 e. The molecular weight excluding hydrogens is 312 g/mol. The predicted octanol–water partition coefficient (Wildman–Crippen LogP) is 3.22. The van der Waals surface area contributed by atoms with Crippen molar-refractivity contribution in [2.45, 2.75) is 19.9 Å². The van der Waals surface area contributed by atoms with Crippen molar-refractivity contribution in [2.24, 2.45) is 5.92 Å². The monoisotopic (exact) mass is 328 g/mol. The van der Waals surface area contributed by atoms with E-state index in [-0.39, 0.29) is 16.7 Å². The Morgan fingerprint density at radius 2 is 2.26 bits per heavy atom. The number of hydrogen-bond acceptors (Lipinski definition) is 4. The molecule has 1 aromatic carbocycles. The van der Waals surface area contributed by atoms with E-state index in [1.807, 2.05) is 12.1 Å². The number of morpholine rings is 1. The molecule has 0 radical (unpaired) electrons. The van der Waals surface area contributed by atoms with Crippen LogP contribution in [-0.2, 0) is 4.74 Å². The number of nitrogens with zero attached hydrogens (tertiary/aromatic N) is 2. The molecule has 1 aliphatic rings. The van der Waals surface area contributed by atoms with E-state index >= 15 is 0 Å². The molecular formula is C13H17BrN2O3. The van der Waals surface area contributed by atoms with E-state index in [4.69, 9.17) is 4.74 Å². The maximum absolute atomic E-state index is 11.2. The van der Waals surface area contributed by atoms with Crippen LogP contribution in [0.25, 0.3) is 0 Å². The van der Waals surface area contributed by atoms with Crippen molar-refractivity contribution in [1.82, 2.24) is 0 Å². The Morgan fingerprint density at radius 3 is 2.89 bits per heavy atom. The van der Waals surface area contributed by atoms with Crippen molar-refractivity contribution in [1.29, 1.82) is 0 Å². The quantitative estimate of drug-likeness (QED) is 0.631. The number of halogens is 1. The summed E-state index contributed by atoms with van der Waals surface area (Å²) in [5.74, 6) is 0.378. The van der Waals surface area contributed by atoms with Gasteiger partial charge in [0, 0.05) is 17.1 Å². The zero-order chi connectivity index (χ0) is 14.0. The predicted molar refractivity (Wildman–Crippen MR) is 77.6 cm³/mol. The van der Waals surface area contributed by atoms with Crippen LogP contribution >= 0.6 is 15.9 Å². The molecule has 1 heterocycles. The first-order valence-electron chi connectivity index (χ1n) is 6.29. The minimum Gasteiger partial charge on any atom is -0.377 e. The molecule has 19 heavy (non-hydrogen) atoms. The summed E-state index contributed by atoms with van der Waals surface area (Å²) in [6.07, 6.45) is 0. The van der Waals surface area contributed by atoms with Gasteiger partial charge in [-0.2, -0.15) is 0 Å². The number of benzene rings is 1. The van der Waals surface area contributed by atoms with Crippen molar-refractivity contribution in [3.63, 3.8) is 0 Å². The number of rotatable bonds is 3. The second-order valence-electron chi connectivity index (χ2n) is 4.97. The Bertz CT molecular complexity index is 479. The van der Waals surface area contributed by atoms with Crippen LogP contribution in [0.4, 0.5) is 11.4 Å². The molecule has 1 saturated heterocycles. The van der Waals surface area contributed by atoms with Gasteiger partial charge in [-0.3, -0.25) is 10.1 Å². The Hall–Kier alpha value is -1.14. The molecule has 1 atom stereocenters. The minimum absolute atomic E-state index is 0.141. The topological polar surface area (TPSA) is 55.6 Å². The molecule has 0 bridgehead atoms. The van der Waals surface area contributed by atoms with Gasteiger partial charge in [-0.05, 0) is 18.1 Å². The van der Waals surface area contributed by atoms with E-state index in [1.165, 1.54) is 0 Å². The molecule has 6 heteroatoms. The summed E-state index contributed by atoms with van der Waals surface area (Å²) >= 11 is 3.29. The van der Waals surface area contributed by atoms with Gasteiger partial charge in [0.15, 0.2) is 0 Å². The highest BCUT2D eigenvalue weighted by molar-refractivity contribution is 9.10. The third-order valence-electron chi connectivity index (χ3n) is 3.38. The van der Waals surface area contributed by atoms with Crippen LogP contribution in [0.1, 0.15) is 13.8 Å². The van der Waals surface area contributed by atoms with Crippen molar-refractivity contribution >= 4 is 27.3 Å². The van der Waals surface area contributed by atoms with Gasteiger partial charge in [-0.1, -0.05) is 29.8 Å². The first-order chi connectivity index (χ1) is 9.00. The fraction of sp³-hybridized carbons (Fsp3) is 0.538. The van der Waals surface area contributed by atoms with E-state index in [2.05, 4.69) is 34.7 Å². The molecule has 0 amide bonds. The lowest BCUT2D eigenvalue weighted by Gasteiger charge is -2.39. The molecule has 2 rings (SSSR count). The molecule has 0 spiro atoms. The average Bonchev–Trinajstić information content (AvgIpc) is 2.38. The van der Waals surface area contributed by atoms with E-state index in [0.717, 1.165) is 4.47 Å². The van der Waals surface area contributed by atoms with E-state index in [1.54, 1.807) is 6.07 Å². The van der Waals surface area contributed by atoms with Crippen LogP contribution in [-0.4, -0.2) is 30.7 Å². The molecule has 5 nitrogen and oxygen atoms in total. The summed E-state index contributed by atoms with van der Waals surface area (Å²) in [7, 11) is 0. The average molecular weight is 329 g/mol. The zero-order valence-corrected chi connectivity index (χ0v) is 12.6.